The maximum Gasteiger partial charge on any atom is 0.304 e. The van der Waals surface area contributed by atoms with Gasteiger partial charge in [-0.25, -0.2) is 13.2 Å². The van der Waals surface area contributed by atoms with Crippen molar-refractivity contribution in [2.45, 2.75) is 25.7 Å². The average molecular weight is 248 g/mol. The van der Waals surface area contributed by atoms with Crippen LogP contribution in [-0.2, 0) is 10.2 Å². The Morgan fingerprint density at radius 1 is 1.29 bits per heavy atom. The second-order valence-corrected chi connectivity index (χ2v) is 4.33. The highest BCUT2D eigenvalue weighted by Crippen LogP contribution is 2.36. The van der Waals surface area contributed by atoms with Crippen LogP contribution >= 0.6 is 0 Å². The van der Waals surface area contributed by atoms with Gasteiger partial charge in [-0.2, -0.15) is 0 Å². The van der Waals surface area contributed by atoms with Gasteiger partial charge in [0.2, 0.25) is 0 Å². The van der Waals surface area contributed by atoms with Gasteiger partial charge in [0.1, 0.15) is 0 Å². The van der Waals surface area contributed by atoms with Crippen molar-refractivity contribution < 1.29 is 28.2 Å². The lowest BCUT2D eigenvalue weighted by Crippen LogP contribution is -2.25. The van der Waals surface area contributed by atoms with Gasteiger partial charge in [0.05, 0.1) is 6.42 Å². The Bertz CT molecular complexity index is 443. The van der Waals surface area contributed by atoms with Gasteiger partial charge < -0.3 is 10.2 Å². The Morgan fingerprint density at radius 2 is 1.82 bits per heavy atom. The van der Waals surface area contributed by atoms with Gasteiger partial charge in [-0.15, -0.1) is 0 Å². The van der Waals surface area contributed by atoms with Crippen molar-refractivity contribution in [3.05, 3.63) is 29.1 Å². The van der Waals surface area contributed by atoms with Crippen molar-refractivity contribution in [2.24, 2.45) is 0 Å². The van der Waals surface area contributed by atoms with Crippen molar-refractivity contribution in [3.8, 4) is 5.75 Å². The molecule has 0 aromatic heterocycles. The molecule has 0 atom stereocenters. The van der Waals surface area contributed by atoms with Crippen LogP contribution in [0.25, 0.3) is 0 Å². The lowest BCUT2D eigenvalue weighted by Gasteiger charge is -2.24. The molecular formula is C11H11F3O3. The Labute approximate surface area is 95.5 Å². The van der Waals surface area contributed by atoms with E-state index in [1.165, 1.54) is 13.8 Å². The zero-order chi connectivity index (χ0) is 13.4. The normalized spacial score (nSPS) is 11.6. The molecule has 94 valence electrons. The third-order valence-corrected chi connectivity index (χ3v) is 2.41. The maximum absolute atomic E-state index is 13.5. The highest BCUT2D eigenvalue weighted by molar-refractivity contribution is 5.69. The number of halogens is 3. The summed E-state index contributed by atoms with van der Waals surface area (Å²) in [6, 6.07) is 0.311. The average Bonchev–Trinajstić information content (AvgIpc) is 2.12. The lowest BCUT2D eigenvalue weighted by molar-refractivity contribution is -0.138. The zero-order valence-electron chi connectivity index (χ0n) is 9.22. The van der Waals surface area contributed by atoms with Gasteiger partial charge in [-0.3, -0.25) is 4.79 Å². The van der Waals surface area contributed by atoms with E-state index in [0.29, 0.717) is 6.07 Å². The molecule has 1 rings (SSSR count). The summed E-state index contributed by atoms with van der Waals surface area (Å²) in [6.07, 6.45) is -0.594. The van der Waals surface area contributed by atoms with Crippen molar-refractivity contribution >= 4 is 5.97 Å². The van der Waals surface area contributed by atoms with Gasteiger partial charge in [-0.1, -0.05) is 13.8 Å². The molecule has 0 saturated heterocycles. The topological polar surface area (TPSA) is 57.5 Å². The number of benzene rings is 1. The summed E-state index contributed by atoms with van der Waals surface area (Å²) in [5.74, 6) is -6.56. The number of carboxylic acid groups (broad SMARTS) is 1. The second kappa shape index (κ2) is 4.27. The second-order valence-electron chi connectivity index (χ2n) is 4.33. The van der Waals surface area contributed by atoms with Crippen LogP contribution in [-0.4, -0.2) is 16.2 Å². The molecule has 0 aliphatic rings. The SMILES string of the molecule is CC(C)(CC(=O)O)c1c(F)c(O)cc(F)c1F. The maximum atomic E-state index is 13.5. The minimum atomic E-state index is -1.48. The van der Waals surface area contributed by atoms with Gasteiger partial charge in [0.25, 0.3) is 0 Å². The van der Waals surface area contributed by atoms with E-state index in [4.69, 9.17) is 10.2 Å². The van der Waals surface area contributed by atoms with Crippen LogP contribution in [0.5, 0.6) is 5.75 Å². The molecule has 0 saturated carbocycles. The first-order valence-electron chi connectivity index (χ1n) is 4.75. The minimum Gasteiger partial charge on any atom is -0.505 e. The van der Waals surface area contributed by atoms with Crippen molar-refractivity contribution in [3.63, 3.8) is 0 Å². The zero-order valence-corrected chi connectivity index (χ0v) is 9.22. The first kappa shape index (κ1) is 13.3. The van der Waals surface area contributed by atoms with Gasteiger partial charge >= 0.3 is 5.97 Å². The highest BCUT2D eigenvalue weighted by Gasteiger charge is 2.33. The first-order chi connectivity index (χ1) is 7.66. The molecule has 0 fully saturated rings. The van der Waals surface area contributed by atoms with E-state index in [-0.39, 0.29) is 0 Å². The van der Waals surface area contributed by atoms with Crippen LogP contribution in [0, 0.1) is 17.5 Å². The van der Waals surface area contributed by atoms with E-state index < -0.39 is 46.6 Å². The van der Waals surface area contributed by atoms with E-state index >= 15 is 0 Å². The van der Waals surface area contributed by atoms with E-state index in [9.17, 15) is 18.0 Å². The van der Waals surface area contributed by atoms with Crippen molar-refractivity contribution in [1.82, 2.24) is 0 Å². The van der Waals surface area contributed by atoms with E-state index in [1.807, 2.05) is 0 Å². The Morgan fingerprint density at radius 3 is 2.29 bits per heavy atom. The Kier molecular flexibility index (Phi) is 3.35. The summed E-state index contributed by atoms with van der Waals surface area (Å²) >= 11 is 0. The van der Waals surface area contributed by atoms with Gasteiger partial charge in [-0.05, 0) is 0 Å². The number of hydrogen-bond donors (Lipinski definition) is 2. The smallest absolute Gasteiger partial charge is 0.304 e. The molecule has 6 heteroatoms. The van der Waals surface area contributed by atoms with E-state index in [1.54, 1.807) is 0 Å². The van der Waals surface area contributed by atoms with Crippen LogP contribution in [0.15, 0.2) is 6.07 Å². The lowest BCUT2D eigenvalue weighted by atomic mass is 9.80. The standard InChI is InChI=1S/C11H11F3O3/c1-11(2,4-7(16)17)8-9(13)5(12)3-6(15)10(8)14/h3,15H,4H2,1-2H3,(H,16,17). The predicted molar refractivity (Wildman–Crippen MR) is 53.3 cm³/mol. The molecule has 17 heavy (non-hydrogen) atoms. The van der Waals surface area contributed by atoms with Crippen LogP contribution in [0.3, 0.4) is 0 Å². The molecule has 1 aromatic rings. The van der Waals surface area contributed by atoms with Crippen molar-refractivity contribution in [2.75, 3.05) is 0 Å². The monoisotopic (exact) mass is 248 g/mol. The largest absolute Gasteiger partial charge is 0.505 e. The molecule has 0 spiro atoms. The fourth-order valence-corrected chi connectivity index (χ4v) is 1.65. The molecular weight excluding hydrogens is 237 g/mol. The minimum absolute atomic E-state index is 0.311. The molecule has 0 aliphatic carbocycles. The highest BCUT2D eigenvalue weighted by atomic mass is 19.2. The number of hydrogen-bond acceptors (Lipinski definition) is 2. The summed E-state index contributed by atoms with van der Waals surface area (Å²) in [7, 11) is 0. The molecule has 3 nitrogen and oxygen atoms in total. The molecule has 1 aromatic carbocycles. The summed E-state index contributed by atoms with van der Waals surface area (Å²) in [5.41, 5.74) is -2.24. The molecule has 0 heterocycles. The van der Waals surface area contributed by atoms with Crippen molar-refractivity contribution in [1.29, 1.82) is 0 Å². The molecule has 2 N–H and O–H groups in total. The fourth-order valence-electron chi connectivity index (χ4n) is 1.65. The first-order valence-corrected chi connectivity index (χ1v) is 4.75. The molecule has 0 amide bonds. The summed E-state index contributed by atoms with van der Waals surface area (Å²) in [4.78, 5) is 10.6. The van der Waals surface area contributed by atoms with Gasteiger partial charge in [0.15, 0.2) is 23.2 Å². The van der Waals surface area contributed by atoms with E-state index in [0.717, 1.165) is 0 Å². The van der Waals surface area contributed by atoms with Crippen LogP contribution in [0.1, 0.15) is 25.8 Å². The van der Waals surface area contributed by atoms with E-state index in [2.05, 4.69) is 0 Å². The number of phenols is 1. The number of aromatic hydroxyl groups is 1. The third-order valence-electron chi connectivity index (χ3n) is 2.41. The molecule has 0 radical (unpaired) electrons. The quantitative estimate of drug-likeness (QED) is 0.808. The van der Waals surface area contributed by atoms with Crippen LogP contribution in [0.2, 0.25) is 0 Å². The number of rotatable bonds is 3. The number of carboxylic acids is 1. The van der Waals surface area contributed by atoms with Crippen LogP contribution in [0.4, 0.5) is 13.2 Å². The summed E-state index contributed by atoms with van der Waals surface area (Å²) < 4.78 is 40.0. The molecule has 0 aliphatic heterocycles. The Balaban J connectivity index is 3.44. The fraction of sp³-hybridized carbons (Fsp3) is 0.364. The number of phenolic OH excluding ortho intramolecular Hbond substituents is 1. The number of aliphatic carboxylic acids is 1. The predicted octanol–water partition coefficient (Wildman–Crippen LogP) is 2.56. The third kappa shape index (κ3) is 2.51. The van der Waals surface area contributed by atoms with Crippen LogP contribution < -0.4 is 0 Å². The van der Waals surface area contributed by atoms with Gasteiger partial charge in [0, 0.05) is 17.0 Å². The number of carbonyl (C=O) groups is 1. The molecule has 0 bridgehead atoms. The summed E-state index contributed by atoms with van der Waals surface area (Å²) in [5, 5.41) is 17.7. The Hall–Kier alpha value is -1.72. The summed E-state index contributed by atoms with van der Waals surface area (Å²) in [6.45, 7) is 2.50. The molecule has 0 unspecified atom stereocenters.